The van der Waals surface area contributed by atoms with Crippen LogP contribution in [0.15, 0.2) is 34.8 Å². The summed E-state index contributed by atoms with van der Waals surface area (Å²) in [4.78, 5) is 2.69. The summed E-state index contributed by atoms with van der Waals surface area (Å²) in [6.07, 6.45) is 1.07. The number of hydrogen-bond donors (Lipinski definition) is 0. The number of aryl methyl sites for hydroxylation is 1. The Labute approximate surface area is 108 Å². The molecule has 1 heterocycles. The molecular weight excluding hydrogens is 284 g/mol. The third-order valence-electron chi connectivity index (χ3n) is 2.45. The molecule has 0 spiro atoms. The summed E-state index contributed by atoms with van der Waals surface area (Å²) >= 11 is 5.43. The summed E-state index contributed by atoms with van der Waals surface area (Å²) in [5.74, 6) is 0.898. The van der Waals surface area contributed by atoms with Crippen molar-refractivity contribution in [2.75, 3.05) is 7.11 Å². The van der Waals surface area contributed by atoms with E-state index in [1.807, 2.05) is 23.5 Å². The van der Waals surface area contributed by atoms with Crippen LogP contribution in [-0.2, 0) is 6.42 Å². The van der Waals surface area contributed by atoms with Gasteiger partial charge in [-0.25, -0.2) is 0 Å². The van der Waals surface area contributed by atoms with Gasteiger partial charge in [-0.05, 0) is 58.2 Å². The van der Waals surface area contributed by atoms with Crippen molar-refractivity contribution in [2.24, 2.45) is 0 Å². The summed E-state index contributed by atoms with van der Waals surface area (Å²) in [6, 6.07) is 10.4. The highest BCUT2D eigenvalue weighted by atomic mass is 79.9. The van der Waals surface area contributed by atoms with Gasteiger partial charge >= 0.3 is 0 Å². The smallest absolute Gasteiger partial charge is 0.118 e. The molecule has 0 radical (unpaired) electrons. The van der Waals surface area contributed by atoms with Crippen molar-refractivity contribution in [2.45, 2.75) is 13.3 Å². The number of hydrogen-bond acceptors (Lipinski definition) is 2. The highest BCUT2D eigenvalue weighted by molar-refractivity contribution is 9.10. The molecule has 0 amide bonds. The van der Waals surface area contributed by atoms with Crippen molar-refractivity contribution in [3.05, 3.63) is 39.7 Å². The molecule has 84 valence electrons. The van der Waals surface area contributed by atoms with Gasteiger partial charge in [-0.2, -0.15) is 0 Å². The molecule has 1 nitrogen and oxygen atoms in total. The Bertz CT molecular complexity index is 473. The van der Waals surface area contributed by atoms with E-state index in [9.17, 15) is 0 Å². The molecule has 1 aromatic carbocycles. The highest BCUT2D eigenvalue weighted by Gasteiger charge is 2.06. The van der Waals surface area contributed by atoms with E-state index in [-0.39, 0.29) is 0 Å². The summed E-state index contributed by atoms with van der Waals surface area (Å²) in [5, 5.41) is 0. The number of benzene rings is 1. The molecule has 0 atom stereocenters. The van der Waals surface area contributed by atoms with E-state index in [4.69, 9.17) is 4.74 Å². The third kappa shape index (κ3) is 2.30. The van der Waals surface area contributed by atoms with E-state index >= 15 is 0 Å². The number of methoxy groups -OCH3 is 1. The monoisotopic (exact) mass is 296 g/mol. The third-order valence-corrected chi connectivity index (χ3v) is 4.75. The van der Waals surface area contributed by atoms with Crippen LogP contribution in [-0.4, -0.2) is 7.11 Å². The van der Waals surface area contributed by atoms with Crippen LogP contribution in [0, 0.1) is 0 Å². The van der Waals surface area contributed by atoms with E-state index in [1.54, 1.807) is 7.11 Å². The Morgan fingerprint density at radius 2 is 1.94 bits per heavy atom. The second-order valence-corrected chi connectivity index (χ2v) is 5.45. The van der Waals surface area contributed by atoms with Crippen LogP contribution in [0.5, 0.6) is 5.75 Å². The predicted octanol–water partition coefficient (Wildman–Crippen LogP) is 4.75. The Morgan fingerprint density at radius 3 is 2.44 bits per heavy atom. The van der Waals surface area contributed by atoms with Crippen LogP contribution in [0.2, 0.25) is 0 Å². The fraction of sp³-hybridized carbons (Fsp3) is 0.231. The molecule has 2 aromatic rings. The van der Waals surface area contributed by atoms with Crippen LogP contribution in [0.4, 0.5) is 0 Å². The van der Waals surface area contributed by atoms with Gasteiger partial charge < -0.3 is 4.74 Å². The number of thiophene rings is 1. The van der Waals surface area contributed by atoms with E-state index in [2.05, 4.69) is 41.1 Å². The molecular formula is C13H13BrOS. The molecule has 0 saturated carbocycles. The first-order chi connectivity index (χ1) is 7.74. The van der Waals surface area contributed by atoms with Gasteiger partial charge in [0, 0.05) is 14.2 Å². The maximum Gasteiger partial charge on any atom is 0.118 e. The standard InChI is InChI=1S/C13H13BrOS/c1-3-12-11(14)8-13(16-12)9-4-6-10(15-2)7-5-9/h4-8H,3H2,1-2H3. The first-order valence-corrected chi connectivity index (χ1v) is 6.78. The SMILES string of the molecule is CCc1sc(-c2ccc(OC)cc2)cc1Br. The lowest BCUT2D eigenvalue weighted by Crippen LogP contribution is -1.81. The number of ether oxygens (including phenoxy) is 1. The normalized spacial score (nSPS) is 10.4. The first-order valence-electron chi connectivity index (χ1n) is 5.17. The average Bonchev–Trinajstić information content (AvgIpc) is 2.71. The van der Waals surface area contributed by atoms with Gasteiger partial charge in [0.05, 0.1) is 7.11 Å². The van der Waals surface area contributed by atoms with Gasteiger partial charge in [0.1, 0.15) is 5.75 Å². The molecule has 0 bridgehead atoms. The fourth-order valence-electron chi connectivity index (χ4n) is 1.55. The Balaban J connectivity index is 2.34. The average molecular weight is 297 g/mol. The van der Waals surface area contributed by atoms with E-state index in [0.717, 1.165) is 12.2 Å². The summed E-state index contributed by atoms with van der Waals surface area (Å²) in [6.45, 7) is 2.17. The minimum atomic E-state index is 0.898. The topological polar surface area (TPSA) is 9.23 Å². The van der Waals surface area contributed by atoms with Crippen molar-refractivity contribution in [3.63, 3.8) is 0 Å². The van der Waals surface area contributed by atoms with Crippen molar-refractivity contribution >= 4 is 27.3 Å². The van der Waals surface area contributed by atoms with Crippen molar-refractivity contribution in [3.8, 4) is 16.2 Å². The molecule has 0 fully saturated rings. The Kier molecular flexibility index (Phi) is 3.66. The molecule has 0 aliphatic rings. The second-order valence-electron chi connectivity index (χ2n) is 3.46. The lowest BCUT2D eigenvalue weighted by atomic mass is 10.2. The highest BCUT2D eigenvalue weighted by Crippen LogP contribution is 2.35. The van der Waals surface area contributed by atoms with Crippen molar-refractivity contribution in [1.82, 2.24) is 0 Å². The molecule has 0 aliphatic heterocycles. The summed E-state index contributed by atoms with van der Waals surface area (Å²) in [7, 11) is 1.69. The van der Waals surface area contributed by atoms with Gasteiger partial charge in [0.25, 0.3) is 0 Å². The number of rotatable bonds is 3. The zero-order valence-electron chi connectivity index (χ0n) is 9.29. The largest absolute Gasteiger partial charge is 0.497 e. The summed E-state index contributed by atoms with van der Waals surface area (Å²) < 4.78 is 6.36. The molecule has 0 unspecified atom stereocenters. The van der Waals surface area contributed by atoms with Crippen LogP contribution in [0.1, 0.15) is 11.8 Å². The first kappa shape index (κ1) is 11.7. The summed E-state index contributed by atoms with van der Waals surface area (Å²) in [5.41, 5.74) is 1.24. The molecule has 2 rings (SSSR count). The molecule has 0 saturated heterocycles. The van der Waals surface area contributed by atoms with Crippen molar-refractivity contribution in [1.29, 1.82) is 0 Å². The van der Waals surface area contributed by atoms with Gasteiger partial charge in [-0.3, -0.25) is 0 Å². The van der Waals surface area contributed by atoms with Gasteiger partial charge in [-0.15, -0.1) is 11.3 Å². The zero-order valence-corrected chi connectivity index (χ0v) is 11.7. The molecule has 3 heteroatoms. The lowest BCUT2D eigenvalue weighted by molar-refractivity contribution is 0.415. The predicted molar refractivity (Wildman–Crippen MR) is 73.4 cm³/mol. The molecule has 0 aliphatic carbocycles. The lowest BCUT2D eigenvalue weighted by Gasteiger charge is -2.00. The van der Waals surface area contributed by atoms with Gasteiger partial charge in [-0.1, -0.05) is 6.92 Å². The fourth-order valence-corrected chi connectivity index (χ4v) is 3.45. The molecule has 16 heavy (non-hydrogen) atoms. The van der Waals surface area contributed by atoms with Crippen LogP contribution >= 0.6 is 27.3 Å². The van der Waals surface area contributed by atoms with Crippen molar-refractivity contribution < 1.29 is 4.74 Å². The van der Waals surface area contributed by atoms with E-state index in [1.165, 1.54) is 19.8 Å². The van der Waals surface area contributed by atoms with E-state index in [0.29, 0.717) is 0 Å². The van der Waals surface area contributed by atoms with Crippen LogP contribution in [0.3, 0.4) is 0 Å². The number of halogens is 1. The zero-order chi connectivity index (χ0) is 11.5. The molecule has 0 N–H and O–H groups in total. The van der Waals surface area contributed by atoms with Gasteiger partial charge in [0.2, 0.25) is 0 Å². The minimum absolute atomic E-state index is 0.898. The van der Waals surface area contributed by atoms with E-state index < -0.39 is 0 Å². The Hall–Kier alpha value is -0.800. The Morgan fingerprint density at radius 1 is 1.25 bits per heavy atom. The molecule has 1 aromatic heterocycles. The quantitative estimate of drug-likeness (QED) is 0.794. The maximum absolute atomic E-state index is 5.15. The van der Waals surface area contributed by atoms with Crippen LogP contribution < -0.4 is 4.74 Å². The van der Waals surface area contributed by atoms with Crippen LogP contribution in [0.25, 0.3) is 10.4 Å². The van der Waals surface area contributed by atoms with Gasteiger partial charge in [0.15, 0.2) is 0 Å². The maximum atomic E-state index is 5.15. The second kappa shape index (κ2) is 5.02. The minimum Gasteiger partial charge on any atom is -0.497 e.